The minimum atomic E-state index is -0.227. The van der Waals surface area contributed by atoms with Crippen LogP contribution in [-0.4, -0.2) is 65.5 Å². The van der Waals surface area contributed by atoms with Gasteiger partial charge in [0, 0.05) is 43.5 Å². The molecular formula is C27H29FN6O2. The normalized spacial score (nSPS) is 15.0. The maximum atomic E-state index is 13.4. The number of hydrogen-bond acceptors (Lipinski definition) is 7. The molecule has 0 aliphatic carbocycles. The molecule has 36 heavy (non-hydrogen) atoms. The number of halogens is 1. The first-order chi connectivity index (χ1) is 17.7. The maximum absolute atomic E-state index is 13.4. The van der Waals surface area contributed by atoms with Crippen molar-refractivity contribution in [3.8, 4) is 11.5 Å². The van der Waals surface area contributed by atoms with E-state index >= 15 is 0 Å². The Kier molecular flexibility index (Phi) is 7.08. The number of rotatable bonds is 8. The van der Waals surface area contributed by atoms with Gasteiger partial charge in [-0.15, -0.1) is 5.10 Å². The van der Waals surface area contributed by atoms with Gasteiger partial charge in [0.1, 0.15) is 23.4 Å². The highest BCUT2D eigenvalue weighted by Gasteiger charge is 2.33. The number of piperazine rings is 1. The standard InChI is InChI=1S/C27H29FN6O2/c1-35-23-12-13-24(25(18-23)36-2)26(27-29-30-31-34(27)19-20-6-4-3-5-7-20)33-16-14-32(15-17-33)22-10-8-21(28)9-11-22/h3-13,18,26H,14-17,19H2,1-2H3/t26-/m1/s1. The molecule has 4 aromatic rings. The Labute approximate surface area is 209 Å². The second-order valence-corrected chi connectivity index (χ2v) is 8.69. The zero-order chi connectivity index (χ0) is 24.9. The number of anilines is 1. The molecule has 5 rings (SSSR count). The van der Waals surface area contributed by atoms with Crippen LogP contribution in [0.1, 0.15) is 23.0 Å². The highest BCUT2D eigenvalue weighted by molar-refractivity contribution is 5.48. The molecule has 8 nitrogen and oxygen atoms in total. The molecular weight excluding hydrogens is 459 g/mol. The maximum Gasteiger partial charge on any atom is 0.173 e. The van der Waals surface area contributed by atoms with Crippen LogP contribution in [-0.2, 0) is 6.54 Å². The molecule has 186 valence electrons. The Bertz CT molecular complexity index is 1270. The van der Waals surface area contributed by atoms with Crippen LogP contribution in [0, 0.1) is 5.82 Å². The lowest BCUT2D eigenvalue weighted by molar-refractivity contribution is 0.198. The first-order valence-corrected chi connectivity index (χ1v) is 11.9. The van der Waals surface area contributed by atoms with E-state index in [9.17, 15) is 4.39 Å². The van der Waals surface area contributed by atoms with Gasteiger partial charge in [0.2, 0.25) is 0 Å². The monoisotopic (exact) mass is 488 g/mol. The van der Waals surface area contributed by atoms with Crippen molar-refractivity contribution < 1.29 is 13.9 Å². The van der Waals surface area contributed by atoms with Crippen LogP contribution in [0.4, 0.5) is 10.1 Å². The number of nitrogens with zero attached hydrogens (tertiary/aromatic N) is 6. The van der Waals surface area contributed by atoms with E-state index in [0.717, 1.165) is 60.3 Å². The van der Waals surface area contributed by atoms with Gasteiger partial charge in [0.15, 0.2) is 5.82 Å². The highest BCUT2D eigenvalue weighted by Crippen LogP contribution is 2.37. The van der Waals surface area contributed by atoms with Crippen molar-refractivity contribution >= 4 is 5.69 Å². The highest BCUT2D eigenvalue weighted by atomic mass is 19.1. The molecule has 1 saturated heterocycles. The second-order valence-electron chi connectivity index (χ2n) is 8.69. The summed E-state index contributed by atoms with van der Waals surface area (Å²) in [5.41, 5.74) is 3.11. The lowest BCUT2D eigenvalue weighted by Crippen LogP contribution is -2.48. The van der Waals surface area contributed by atoms with E-state index in [1.54, 1.807) is 14.2 Å². The third-order valence-corrected chi connectivity index (χ3v) is 6.59. The molecule has 3 aromatic carbocycles. The van der Waals surface area contributed by atoms with Crippen LogP contribution in [0.2, 0.25) is 0 Å². The van der Waals surface area contributed by atoms with Gasteiger partial charge in [0.05, 0.1) is 20.8 Å². The fourth-order valence-corrected chi connectivity index (χ4v) is 4.71. The summed E-state index contributed by atoms with van der Waals surface area (Å²) in [7, 11) is 3.30. The molecule has 1 aromatic heterocycles. The Morgan fingerprint density at radius 2 is 1.64 bits per heavy atom. The van der Waals surface area contributed by atoms with E-state index in [2.05, 4.69) is 37.5 Å². The van der Waals surface area contributed by atoms with Gasteiger partial charge in [-0.1, -0.05) is 30.3 Å². The van der Waals surface area contributed by atoms with Crippen molar-refractivity contribution in [3.63, 3.8) is 0 Å². The molecule has 0 unspecified atom stereocenters. The van der Waals surface area contributed by atoms with Crippen molar-refractivity contribution in [2.24, 2.45) is 0 Å². The third-order valence-electron chi connectivity index (χ3n) is 6.59. The summed E-state index contributed by atoms with van der Waals surface area (Å²) in [5.74, 6) is 1.96. The fraction of sp³-hybridized carbons (Fsp3) is 0.296. The van der Waals surface area contributed by atoms with Crippen LogP contribution in [0.5, 0.6) is 11.5 Å². The molecule has 1 atom stereocenters. The summed E-state index contributed by atoms with van der Waals surface area (Å²) in [5, 5.41) is 12.9. The minimum Gasteiger partial charge on any atom is -0.497 e. The van der Waals surface area contributed by atoms with E-state index in [4.69, 9.17) is 9.47 Å². The van der Waals surface area contributed by atoms with E-state index in [1.165, 1.54) is 12.1 Å². The Morgan fingerprint density at radius 3 is 2.33 bits per heavy atom. The molecule has 0 radical (unpaired) electrons. The molecule has 0 spiro atoms. The molecule has 2 heterocycles. The molecule has 0 amide bonds. The van der Waals surface area contributed by atoms with Crippen molar-refractivity contribution in [1.29, 1.82) is 0 Å². The summed E-state index contributed by atoms with van der Waals surface area (Å²) >= 11 is 0. The van der Waals surface area contributed by atoms with E-state index in [1.807, 2.05) is 53.2 Å². The van der Waals surface area contributed by atoms with Crippen LogP contribution in [0.15, 0.2) is 72.8 Å². The third kappa shape index (κ3) is 5.01. The van der Waals surface area contributed by atoms with Crippen LogP contribution < -0.4 is 14.4 Å². The summed E-state index contributed by atoms with van der Waals surface area (Å²) in [4.78, 5) is 4.64. The van der Waals surface area contributed by atoms with Crippen molar-refractivity contribution in [3.05, 3.63) is 95.6 Å². The zero-order valence-corrected chi connectivity index (χ0v) is 20.4. The molecule has 1 fully saturated rings. The molecule has 0 N–H and O–H groups in total. The SMILES string of the molecule is COc1ccc([C@H](c2nnnn2Cc2ccccc2)N2CCN(c3ccc(F)cc3)CC2)c(OC)c1. The summed E-state index contributed by atoms with van der Waals surface area (Å²) in [6.07, 6.45) is 0. The quantitative estimate of drug-likeness (QED) is 0.374. The second kappa shape index (κ2) is 10.7. The predicted molar refractivity (Wildman–Crippen MR) is 135 cm³/mol. The average Bonchev–Trinajstić information content (AvgIpc) is 3.38. The van der Waals surface area contributed by atoms with E-state index in [0.29, 0.717) is 6.54 Å². The topological polar surface area (TPSA) is 68.5 Å². The number of methoxy groups -OCH3 is 2. The van der Waals surface area contributed by atoms with Crippen LogP contribution in [0.25, 0.3) is 0 Å². The fourth-order valence-electron chi connectivity index (χ4n) is 4.71. The lowest BCUT2D eigenvalue weighted by atomic mass is 10.0. The van der Waals surface area contributed by atoms with Crippen molar-refractivity contribution in [1.82, 2.24) is 25.1 Å². The molecule has 0 saturated carbocycles. The molecule has 9 heteroatoms. The summed E-state index contributed by atoms with van der Waals surface area (Å²) in [6.45, 7) is 3.69. The molecule has 1 aliphatic rings. The zero-order valence-electron chi connectivity index (χ0n) is 20.4. The summed E-state index contributed by atoms with van der Waals surface area (Å²) < 4.78 is 26.5. The van der Waals surface area contributed by atoms with Gasteiger partial charge < -0.3 is 14.4 Å². The molecule has 1 aliphatic heterocycles. The van der Waals surface area contributed by atoms with Gasteiger partial charge in [-0.2, -0.15) is 0 Å². The van der Waals surface area contributed by atoms with Gasteiger partial charge >= 0.3 is 0 Å². The Hall–Kier alpha value is -3.98. The van der Waals surface area contributed by atoms with Gasteiger partial charge in [-0.3, -0.25) is 4.90 Å². The smallest absolute Gasteiger partial charge is 0.173 e. The van der Waals surface area contributed by atoms with Gasteiger partial charge in [0.25, 0.3) is 0 Å². The largest absolute Gasteiger partial charge is 0.497 e. The molecule has 0 bridgehead atoms. The Morgan fingerprint density at radius 1 is 0.889 bits per heavy atom. The van der Waals surface area contributed by atoms with Crippen molar-refractivity contribution in [2.75, 3.05) is 45.3 Å². The number of ether oxygens (including phenoxy) is 2. The lowest BCUT2D eigenvalue weighted by Gasteiger charge is -2.40. The van der Waals surface area contributed by atoms with Crippen LogP contribution >= 0.6 is 0 Å². The van der Waals surface area contributed by atoms with Crippen molar-refractivity contribution in [2.45, 2.75) is 12.6 Å². The first kappa shape index (κ1) is 23.7. The van der Waals surface area contributed by atoms with Gasteiger partial charge in [-0.05, 0) is 52.4 Å². The van der Waals surface area contributed by atoms with E-state index < -0.39 is 0 Å². The number of tetrazole rings is 1. The van der Waals surface area contributed by atoms with E-state index in [-0.39, 0.29) is 11.9 Å². The number of hydrogen-bond donors (Lipinski definition) is 0. The first-order valence-electron chi connectivity index (χ1n) is 11.9. The average molecular weight is 489 g/mol. The summed E-state index contributed by atoms with van der Waals surface area (Å²) in [6, 6.07) is 22.4. The van der Waals surface area contributed by atoms with Gasteiger partial charge in [-0.25, -0.2) is 9.07 Å². The number of benzene rings is 3. The predicted octanol–water partition coefficient (Wildman–Crippen LogP) is 3.79. The minimum absolute atomic E-state index is 0.222. The number of aromatic nitrogens is 4. The Balaban J connectivity index is 1.48. The van der Waals surface area contributed by atoms with Crippen LogP contribution in [0.3, 0.4) is 0 Å².